The van der Waals surface area contributed by atoms with E-state index in [0.717, 1.165) is 37.1 Å². The van der Waals surface area contributed by atoms with Crippen molar-refractivity contribution in [3.8, 4) is 0 Å². The first-order valence-corrected chi connectivity index (χ1v) is 7.76. The van der Waals surface area contributed by atoms with Crippen molar-refractivity contribution < 1.29 is 0 Å². The molecule has 0 radical (unpaired) electrons. The molecule has 2 N–H and O–H groups in total. The van der Waals surface area contributed by atoms with E-state index in [1.165, 1.54) is 24.0 Å². The van der Waals surface area contributed by atoms with E-state index in [1.807, 2.05) is 18.5 Å². The molecule has 2 aromatic rings. The molecule has 0 bridgehead atoms. The van der Waals surface area contributed by atoms with Gasteiger partial charge in [-0.05, 0) is 48.4 Å². The Labute approximate surface area is 125 Å². The van der Waals surface area contributed by atoms with E-state index in [0.29, 0.717) is 5.92 Å². The summed E-state index contributed by atoms with van der Waals surface area (Å²) in [5.74, 6) is 3.41. The second-order valence-electron chi connectivity index (χ2n) is 6.10. The summed E-state index contributed by atoms with van der Waals surface area (Å²) >= 11 is 0. The zero-order valence-electron chi connectivity index (χ0n) is 12.0. The summed E-state index contributed by atoms with van der Waals surface area (Å²) in [6, 6.07) is 8.48. The van der Waals surface area contributed by atoms with Crippen molar-refractivity contribution in [1.82, 2.24) is 9.97 Å². The van der Waals surface area contributed by atoms with Crippen LogP contribution in [0.15, 0.2) is 36.7 Å². The van der Waals surface area contributed by atoms with Crippen molar-refractivity contribution in [3.05, 3.63) is 47.8 Å². The summed E-state index contributed by atoms with van der Waals surface area (Å²) in [5.41, 5.74) is 2.61. The van der Waals surface area contributed by atoms with Gasteiger partial charge in [-0.15, -0.1) is 0 Å². The molecule has 0 amide bonds. The molecule has 108 valence electrons. The topological polar surface area (TPSA) is 49.8 Å². The quantitative estimate of drug-likeness (QED) is 0.884. The monoisotopic (exact) mass is 280 g/mol. The standard InChI is InChI=1S/C17H20N4/c1-2-15-14(11-21-17(15)18-7-1)8-13-5-6-16(20-10-13)19-9-12-3-4-12/h1-2,5-7,10,12,14H,3-4,8-9,11H2,(H,18,21)(H,19,20). The van der Waals surface area contributed by atoms with Crippen LogP contribution in [0.25, 0.3) is 0 Å². The summed E-state index contributed by atoms with van der Waals surface area (Å²) in [6.45, 7) is 2.03. The Kier molecular flexibility index (Phi) is 3.22. The summed E-state index contributed by atoms with van der Waals surface area (Å²) < 4.78 is 0. The largest absolute Gasteiger partial charge is 0.370 e. The molecule has 0 saturated heterocycles. The fraction of sp³-hybridized carbons (Fsp3) is 0.412. The van der Waals surface area contributed by atoms with Gasteiger partial charge in [-0.25, -0.2) is 9.97 Å². The first-order chi connectivity index (χ1) is 10.4. The van der Waals surface area contributed by atoms with E-state index in [-0.39, 0.29) is 0 Å². The van der Waals surface area contributed by atoms with Crippen LogP contribution in [0.4, 0.5) is 11.6 Å². The minimum Gasteiger partial charge on any atom is -0.370 e. The van der Waals surface area contributed by atoms with Gasteiger partial charge in [0, 0.05) is 31.4 Å². The van der Waals surface area contributed by atoms with Gasteiger partial charge in [0.15, 0.2) is 0 Å². The Balaban J connectivity index is 1.40. The fourth-order valence-corrected chi connectivity index (χ4v) is 2.91. The molecule has 1 unspecified atom stereocenters. The zero-order chi connectivity index (χ0) is 14.1. The number of pyridine rings is 2. The van der Waals surface area contributed by atoms with Crippen LogP contribution in [-0.2, 0) is 6.42 Å². The second-order valence-corrected chi connectivity index (χ2v) is 6.10. The molecule has 1 aliphatic heterocycles. The molecular formula is C17H20N4. The highest BCUT2D eigenvalue weighted by atomic mass is 15.0. The molecule has 4 rings (SSSR count). The van der Waals surface area contributed by atoms with Crippen LogP contribution >= 0.6 is 0 Å². The first-order valence-electron chi connectivity index (χ1n) is 7.76. The van der Waals surface area contributed by atoms with Gasteiger partial charge in [0.25, 0.3) is 0 Å². The summed E-state index contributed by atoms with van der Waals surface area (Å²) in [4.78, 5) is 8.90. The third-order valence-electron chi connectivity index (χ3n) is 4.37. The van der Waals surface area contributed by atoms with Gasteiger partial charge in [0.05, 0.1) is 0 Å². The van der Waals surface area contributed by atoms with Crippen molar-refractivity contribution in [2.75, 3.05) is 23.7 Å². The normalized spacial score (nSPS) is 19.9. The van der Waals surface area contributed by atoms with E-state index in [2.05, 4.69) is 38.8 Å². The van der Waals surface area contributed by atoms with E-state index < -0.39 is 0 Å². The number of hydrogen-bond donors (Lipinski definition) is 2. The number of fused-ring (bicyclic) bond motifs is 1. The Bertz CT molecular complexity index is 619. The Morgan fingerprint density at radius 2 is 2.14 bits per heavy atom. The van der Waals surface area contributed by atoms with Gasteiger partial charge >= 0.3 is 0 Å². The van der Waals surface area contributed by atoms with Crippen molar-refractivity contribution in [3.63, 3.8) is 0 Å². The SMILES string of the molecule is c1cnc2c(c1)C(Cc1ccc(NCC3CC3)nc1)CN2. The Morgan fingerprint density at radius 3 is 2.95 bits per heavy atom. The fourth-order valence-electron chi connectivity index (χ4n) is 2.91. The molecule has 0 aromatic carbocycles. The highest BCUT2D eigenvalue weighted by Gasteiger charge is 2.23. The molecule has 0 spiro atoms. The van der Waals surface area contributed by atoms with Crippen molar-refractivity contribution >= 4 is 11.6 Å². The maximum absolute atomic E-state index is 4.53. The number of nitrogens with one attached hydrogen (secondary N) is 2. The number of nitrogens with zero attached hydrogens (tertiary/aromatic N) is 2. The van der Waals surface area contributed by atoms with Crippen molar-refractivity contribution in [2.24, 2.45) is 5.92 Å². The molecule has 2 aliphatic rings. The van der Waals surface area contributed by atoms with Gasteiger partial charge in [-0.2, -0.15) is 0 Å². The lowest BCUT2D eigenvalue weighted by atomic mass is 9.96. The van der Waals surface area contributed by atoms with E-state index in [1.54, 1.807) is 0 Å². The molecule has 1 saturated carbocycles. The molecule has 1 atom stereocenters. The molecule has 1 aliphatic carbocycles. The average molecular weight is 280 g/mol. The van der Waals surface area contributed by atoms with Gasteiger partial charge in [0.2, 0.25) is 0 Å². The van der Waals surface area contributed by atoms with E-state index in [9.17, 15) is 0 Å². The van der Waals surface area contributed by atoms with Gasteiger partial charge in [-0.3, -0.25) is 0 Å². The van der Waals surface area contributed by atoms with Gasteiger partial charge in [0.1, 0.15) is 11.6 Å². The smallest absolute Gasteiger partial charge is 0.129 e. The molecule has 2 aromatic heterocycles. The highest BCUT2D eigenvalue weighted by Crippen LogP contribution is 2.32. The number of rotatable bonds is 5. The molecule has 21 heavy (non-hydrogen) atoms. The van der Waals surface area contributed by atoms with Crippen LogP contribution in [0, 0.1) is 5.92 Å². The molecule has 4 heteroatoms. The maximum atomic E-state index is 4.53. The molecule has 3 heterocycles. The summed E-state index contributed by atoms with van der Waals surface area (Å²) in [5, 5.41) is 6.79. The van der Waals surface area contributed by atoms with Gasteiger partial charge < -0.3 is 10.6 Å². The third-order valence-corrected chi connectivity index (χ3v) is 4.37. The Morgan fingerprint density at radius 1 is 1.19 bits per heavy atom. The van der Waals surface area contributed by atoms with E-state index in [4.69, 9.17) is 0 Å². The minimum absolute atomic E-state index is 0.501. The third kappa shape index (κ3) is 2.84. The molecule has 4 nitrogen and oxygen atoms in total. The van der Waals surface area contributed by atoms with Crippen molar-refractivity contribution in [1.29, 1.82) is 0 Å². The molecule has 1 fully saturated rings. The lowest BCUT2D eigenvalue weighted by Crippen LogP contribution is -2.07. The van der Waals surface area contributed by atoms with Crippen molar-refractivity contribution in [2.45, 2.75) is 25.2 Å². The first kappa shape index (κ1) is 12.6. The van der Waals surface area contributed by atoms with Crippen LogP contribution in [0.3, 0.4) is 0 Å². The number of anilines is 2. The molecular weight excluding hydrogens is 260 g/mol. The predicted octanol–water partition coefficient (Wildman–Crippen LogP) is 3.05. The predicted molar refractivity (Wildman–Crippen MR) is 84.6 cm³/mol. The van der Waals surface area contributed by atoms with Gasteiger partial charge in [-0.1, -0.05) is 12.1 Å². The summed E-state index contributed by atoms with van der Waals surface area (Å²) in [7, 11) is 0. The maximum Gasteiger partial charge on any atom is 0.129 e. The van der Waals surface area contributed by atoms with Crippen LogP contribution in [0.5, 0.6) is 0 Å². The minimum atomic E-state index is 0.501. The van der Waals surface area contributed by atoms with E-state index >= 15 is 0 Å². The highest BCUT2D eigenvalue weighted by molar-refractivity contribution is 5.52. The van der Waals surface area contributed by atoms with Crippen LogP contribution in [0.2, 0.25) is 0 Å². The van der Waals surface area contributed by atoms with Crippen LogP contribution < -0.4 is 10.6 Å². The zero-order valence-corrected chi connectivity index (χ0v) is 12.0. The Hall–Kier alpha value is -2.10. The second kappa shape index (κ2) is 5.35. The lowest BCUT2D eigenvalue weighted by Gasteiger charge is -2.10. The lowest BCUT2D eigenvalue weighted by molar-refractivity contribution is 0.749. The van der Waals surface area contributed by atoms with Crippen LogP contribution in [0.1, 0.15) is 29.9 Å². The summed E-state index contributed by atoms with van der Waals surface area (Å²) in [6.07, 6.45) is 7.60. The number of aromatic nitrogens is 2. The van der Waals surface area contributed by atoms with Crippen LogP contribution in [-0.4, -0.2) is 23.1 Å². The number of hydrogen-bond acceptors (Lipinski definition) is 4. The average Bonchev–Trinajstić information content (AvgIpc) is 3.28.